The highest BCUT2D eigenvalue weighted by atomic mass is 32.1. The predicted molar refractivity (Wildman–Crippen MR) is 67.2 cm³/mol. The van der Waals surface area contributed by atoms with Crippen LogP contribution in [0.4, 0.5) is 10.8 Å². The van der Waals surface area contributed by atoms with Gasteiger partial charge in [-0.1, -0.05) is 0 Å². The molecule has 2 aromatic rings. The summed E-state index contributed by atoms with van der Waals surface area (Å²) in [4.78, 5) is 8.33. The third-order valence-electron chi connectivity index (χ3n) is 2.14. The Morgan fingerprint density at radius 3 is 3.06 bits per heavy atom. The molecule has 0 aliphatic rings. The van der Waals surface area contributed by atoms with Crippen LogP contribution < -0.4 is 15.8 Å². The summed E-state index contributed by atoms with van der Waals surface area (Å²) < 4.78 is 9.17. The number of aromatic nitrogens is 3. The minimum Gasteiger partial charge on any atom is -0.490 e. The number of rotatable bonds is 4. The fourth-order valence-corrected chi connectivity index (χ4v) is 2.06. The highest BCUT2D eigenvalue weighted by Gasteiger charge is 2.11. The third-order valence-corrected chi connectivity index (χ3v) is 2.94. The van der Waals surface area contributed by atoms with Gasteiger partial charge in [-0.15, -0.1) is 0 Å². The molecule has 17 heavy (non-hydrogen) atoms. The average Bonchev–Trinajstić information content (AvgIpc) is 2.67. The van der Waals surface area contributed by atoms with Gasteiger partial charge in [-0.05, 0) is 24.5 Å². The molecule has 0 saturated heterocycles. The van der Waals surface area contributed by atoms with E-state index in [0.29, 0.717) is 18.1 Å². The lowest BCUT2D eigenvalue weighted by molar-refractivity contribution is 0.419. The van der Waals surface area contributed by atoms with Crippen LogP contribution in [0.2, 0.25) is 0 Å². The second-order valence-corrected chi connectivity index (χ2v) is 4.15. The van der Waals surface area contributed by atoms with Gasteiger partial charge >= 0.3 is 0 Å². The Hall–Kier alpha value is -1.89. The van der Waals surface area contributed by atoms with E-state index in [1.165, 1.54) is 11.5 Å². The number of anilines is 2. The van der Waals surface area contributed by atoms with E-state index in [-0.39, 0.29) is 0 Å². The molecule has 0 amide bonds. The van der Waals surface area contributed by atoms with Crippen LogP contribution in [-0.2, 0) is 6.54 Å². The van der Waals surface area contributed by atoms with Gasteiger partial charge in [0.15, 0.2) is 16.6 Å². The van der Waals surface area contributed by atoms with Crippen molar-refractivity contribution in [2.75, 3.05) is 18.2 Å². The van der Waals surface area contributed by atoms with Crippen LogP contribution >= 0.6 is 11.5 Å². The standard InChI is InChI=1S/C10H13N5OS/c1-6-12-4-3-7(14-6)5-13-10-8(16-2)9(11)15-17-10/h3-4,13H,5H2,1-2H3,(H2,11,15). The predicted octanol–water partition coefficient (Wildman–Crippen LogP) is 1.44. The van der Waals surface area contributed by atoms with Crippen molar-refractivity contribution in [2.45, 2.75) is 13.5 Å². The van der Waals surface area contributed by atoms with Crippen molar-refractivity contribution in [2.24, 2.45) is 0 Å². The van der Waals surface area contributed by atoms with Crippen LogP contribution in [0.5, 0.6) is 5.75 Å². The maximum Gasteiger partial charge on any atom is 0.197 e. The molecule has 7 heteroatoms. The first kappa shape index (κ1) is 11.6. The minimum absolute atomic E-state index is 0.402. The number of nitrogens with two attached hydrogens (primary N) is 1. The van der Waals surface area contributed by atoms with Gasteiger partial charge in [-0.2, -0.15) is 4.37 Å². The lowest BCUT2D eigenvalue weighted by atomic mass is 10.4. The van der Waals surface area contributed by atoms with E-state index in [0.717, 1.165) is 16.5 Å². The molecular weight excluding hydrogens is 238 g/mol. The number of nitrogens with zero attached hydrogens (tertiary/aromatic N) is 3. The summed E-state index contributed by atoms with van der Waals surface area (Å²) in [5, 5.41) is 4.00. The molecule has 2 heterocycles. The summed E-state index contributed by atoms with van der Waals surface area (Å²) in [6.45, 7) is 2.44. The number of ether oxygens (including phenoxy) is 1. The van der Waals surface area contributed by atoms with Crippen molar-refractivity contribution >= 4 is 22.4 Å². The molecule has 0 unspecified atom stereocenters. The fourth-order valence-electron chi connectivity index (χ4n) is 1.38. The second kappa shape index (κ2) is 4.96. The van der Waals surface area contributed by atoms with Crippen molar-refractivity contribution in [1.82, 2.24) is 14.3 Å². The first-order valence-electron chi connectivity index (χ1n) is 5.02. The molecule has 0 spiro atoms. The summed E-state index contributed by atoms with van der Waals surface area (Å²) in [6, 6.07) is 1.86. The summed E-state index contributed by atoms with van der Waals surface area (Å²) in [5.74, 6) is 1.74. The number of methoxy groups -OCH3 is 1. The third kappa shape index (κ3) is 2.62. The number of nitrogens with one attached hydrogen (secondary N) is 1. The molecule has 2 rings (SSSR count). The van der Waals surface area contributed by atoms with E-state index < -0.39 is 0 Å². The zero-order chi connectivity index (χ0) is 12.3. The molecular formula is C10H13N5OS. The van der Waals surface area contributed by atoms with Crippen molar-refractivity contribution < 1.29 is 4.74 Å². The molecule has 90 valence electrons. The van der Waals surface area contributed by atoms with Gasteiger partial charge in [0.05, 0.1) is 19.3 Å². The van der Waals surface area contributed by atoms with Gasteiger partial charge in [0, 0.05) is 6.20 Å². The van der Waals surface area contributed by atoms with Gasteiger partial charge in [0.1, 0.15) is 5.82 Å². The molecule has 0 bridgehead atoms. The van der Waals surface area contributed by atoms with Crippen LogP contribution in [-0.4, -0.2) is 21.5 Å². The van der Waals surface area contributed by atoms with Crippen LogP contribution in [0.15, 0.2) is 12.3 Å². The molecule has 0 fully saturated rings. The number of hydrogen-bond acceptors (Lipinski definition) is 7. The summed E-state index contributed by atoms with van der Waals surface area (Å²) in [5.41, 5.74) is 6.56. The van der Waals surface area contributed by atoms with E-state index in [1.54, 1.807) is 13.3 Å². The fraction of sp³-hybridized carbons (Fsp3) is 0.300. The van der Waals surface area contributed by atoms with E-state index >= 15 is 0 Å². The Morgan fingerprint density at radius 2 is 2.35 bits per heavy atom. The topological polar surface area (TPSA) is 86.0 Å². The Bertz CT molecular complexity index is 513. The van der Waals surface area contributed by atoms with Crippen LogP contribution in [0.25, 0.3) is 0 Å². The largest absolute Gasteiger partial charge is 0.490 e. The van der Waals surface area contributed by atoms with Crippen molar-refractivity contribution in [1.29, 1.82) is 0 Å². The Morgan fingerprint density at radius 1 is 1.53 bits per heavy atom. The molecule has 0 aliphatic heterocycles. The second-order valence-electron chi connectivity index (χ2n) is 3.38. The van der Waals surface area contributed by atoms with Crippen LogP contribution in [0.3, 0.4) is 0 Å². The lowest BCUT2D eigenvalue weighted by Gasteiger charge is -2.05. The monoisotopic (exact) mass is 251 g/mol. The summed E-state index contributed by atoms with van der Waals surface area (Å²) in [7, 11) is 1.57. The molecule has 0 aromatic carbocycles. The highest BCUT2D eigenvalue weighted by Crippen LogP contribution is 2.34. The van der Waals surface area contributed by atoms with Gasteiger partial charge in [-0.3, -0.25) is 0 Å². The van der Waals surface area contributed by atoms with Gasteiger partial charge < -0.3 is 15.8 Å². The maximum atomic E-state index is 5.65. The molecule has 0 aliphatic carbocycles. The quantitative estimate of drug-likeness (QED) is 0.855. The first-order valence-corrected chi connectivity index (χ1v) is 5.79. The van der Waals surface area contributed by atoms with Gasteiger partial charge in [-0.25, -0.2) is 9.97 Å². The highest BCUT2D eigenvalue weighted by molar-refractivity contribution is 7.11. The zero-order valence-electron chi connectivity index (χ0n) is 9.60. The van der Waals surface area contributed by atoms with Gasteiger partial charge in [0.25, 0.3) is 0 Å². The van der Waals surface area contributed by atoms with Crippen LogP contribution in [0, 0.1) is 6.92 Å². The van der Waals surface area contributed by atoms with Crippen molar-refractivity contribution in [3.63, 3.8) is 0 Å². The van der Waals surface area contributed by atoms with Crippen molar-refractivity contribution in [3.8, 4) is 5.75 Å². The molecule has 3 N–H and O–H groups in total. The molecule has 0 saturated carbocycles. The minimum atomic E-state index is 0.402. The Balaban J connectivity index is 2.07. The lowest BCUT2D eigenvalue weighted by Crippen LogP contribution is -2.03. The van der Waals surface area contributed by atoms with E-state index in [4.69, 9.17) is 10.5 Å². The Labute approximate surface area is 103 Å². The summed E-state index contributed by atoms with van der Waals surface area (Å²) >= 11 is 1.27. The average molecular weight is 251 g/mol. The summed E-state index contributed by atoms with van der Waals surface area (Å²) in [6.07, 6.45) is 1.73. The van der Waals surface area contributed by atoms with Crippen LogP contribution in [0.1, 0.15) is 11.5 Å². The molecule has 0 atom stereocenters. The maximum absolute atomic E-state index is 5.65. The molecule has 6 nitrogen and oxygen atoms in total. The number of aryl methyl sites for hydroxylation is 1. The number of nitrogen functional groups attached to an aromatic ring is 1. The normalized spacial score (nSPS) is 10.2. The number of hydrogen-bond donors (Lipinski definition) is 2. The first-order chi connectivity index (χ1) is 8.20. The Kier molecular flexibility index (Phi) is 3.38. The smallest absolute Gasteiger partial charge is 0.197 e. The van der Waals surface area contributed by atoms with Gasteiger partial charge in [0.2, 0.25) is 0 Å². The SMILES string of the molecule is COc1c(N)nsc1NCc1ccnc(C)n1. The van der Waals surface area contributed by atoms with E-state index in [1.807, 2.05) is 13.0 Å². The molecule has 0 radical (unpaired) electrons. The van der Waals surface area contributed by atoms with E-state index in [9.17, 15) is 0 Å². The molecule has 2 aromatic heterocycles. The van der Waals surface area contributed by atoms with E-state index in [2.05, 4.69) is 19.7 Å². The van der Waals surface area contributed by atoms with Crippen molar-refractivity contribution in [3.05, 3.63) is 23.8 Å². The zero-order valence-corrected chi connectivity index (χ0v) is 10.4.